The Labute approximate surface area is 200 Å². The van der Waals surface area contributed by atoms with E-state index in [1.54, 1.807) is 43.4 Å². The largest absolute Gasteiger partial charge is 0.487 e. The van der Waals surface area contributed by atoms with Gasteiger partial charge in [0, 0.05) is 37.3 Å². The minimum absolute atomic E-state index is 0.0452. The highest BCUT2D eigenvalue weighted by Crippen LogP contribution is 2.25. The van der Waals surface area contributed by atoms with E-state index in [0.717, 1.165) is 24.7 Å². The van der Waals surface area contributed by atoms with Crippen LogP contribution in [0.25, 0.3) is 0 Å². The van der Waals surface area contributed by atoms with Crippen molar-refractivity contribution in [1.82, 2.24) is 15.2 Å². The molecule has 1 aromatic carbocycles. The first-order valence-electron chi connectivity index (χ1n) is 11.0. The van der Waals surface area contributed by atoms with Crippen molar-refractivity contribution in [3.05, 3.63) is 77.3 Å². The fraction of sp³-hybridized carbons (Fsp3) is 0.320. The Kier molecular flexibility index (Phi) is 10.8. The molecular weight excluding hydrogens is 434 g/mol. The molecule has 0 aliphatic heterocycles. The summed E-state index contributed by atoms with van der Waals surface area (Å²) in [6.07, 6.45) is 14.3. The standard InChI is InChI=1S/C25H33N5O4/c1-28-25(33)23(12-8-14-31)29(2)16-22-19(17-32)9-7-13-24(22)34-18-20(26)15-30(27)21-10-5-3-4-6-11-21/h3,5-7,9-11,13-15,17,23H,4,8,12,16,18,26-27H2,1-2H3,(H,28,33)/b20-15-. The van der Waals surface area contributed by atoms with Crippen LogP contribution in [0.1, 0.15) is 35.2 Å². The number of nitrogens with zero attached hydrogens (tertiary/aromatic N) is 2. The Hall–Kier alpha value is -3.69. The van der Waals surface area contributed by atoms with Gasteiger partial charge in [-0.3, -0.25) is 19.5 Å². The number of hydrogen-bond acceptors (Lipinski definition) is 8. The molecule has 1 aliphatic rings. The van der Waals surface area contributed by atoms with Gasteiger partial charge in [-0.1, -0.05) is 30.4 Å². The zero-order valence-corrected chi connectivity index (χ0v) is 19.6. The number of allylic oxidation sites excluding steroid dienone is 5. The summed E-state index contributed by atoms with van der Waals surface area (Å²) in [5.41, 5.74) is 8.36. The quantitative estimate of drug-likeness (QED) is 0.227. The molecule has 2 rings (SSSR count). The molecule has 0 radical (unpaired) electrons. The van der Waals surface area contributed by atoms with E-state index in [-0.39, 0.29) is 25.5 Å². The number of carbonyl (C=O) groups excluding carboxylic acids is 3. The number of hydrazine groups is 1. The summed E-state index contributed by atoms with van der Waals surface area (Å²) in [7, 11) is 3.31. The molecule has 0 saturated heterocycles. The Morgan fingerprint density at radius 2 is 2.09 bits per heavy atom. The van der Waals surface area contributed by atoms with Crippen molar-refractivity contribution in [3.63, 3.8) is 0 Å². The third-order valence-electron chi connectivity index (χ3n) is 5.30. The van der Waals surface area contributed by atoms with E-state index in [2.05, 4.69) is 5.32 Å². The van der Waals surface area contributed by atoms with Crippen molar-refractivity contribution < 1.29 is 19.1 Å². The van der Waals surface area contributed by atoms with Crippen LogP contribution in [-0.4, -0.2) is 55.1 Å². The van der Waals surface area contributed by atoms with Crippen molar-refractivity contribution >= 4 is 18.5 Å². The van der Waals surface area contributed by atoms with Gasteiger partial charge in [0.1, 0.15) is 18.6 Å². The average Bonchev–Trinajstić information content (AvgIpc) is 3.13. The number of benzene rings is 1. The SMILES string of the molecule is CNC(=O)C(CCC=O)N(C)Cc1c(C=O)cccc1OC/C(N)=C/N(N)C1=CC=CCC=C1. The smallest absolute Gasteiger partial charge is 0.237 e. The topological polar surface area (TPSA) is 131 Å². The highest BCUT2D eigenvalue weighted by atomic mass is 16.5. The maximum absolute atomic E-state index is 12.3. The number of likely N-dealkylation sites (N-methyl/N-ethyl adjacent to an activating group) is 2. The molecule has 0 spiro atoms. The Morgan fingerprint density at radius 1 is 1.29 bits per heavy atom. The van der Waals surface area contributed by atoms with Crippen LogP contribution in [0.5, 0.6) is 5.75 Å². The number of hydrogen-bond donors (Lipinski definition) is 3. The zero-order valence-electron chi connectivity index (χ0n) is 19.6. The van der Waals surface area contributed by atoms with E-state index in [0.29, 0.717) is 29.0 Å². The Bertz CT molecular complexity index is 984. The van der Waals surface area contributed by atoms with Crippen LogP contribution in [0.15, 0.2) is 66.2 Å². The van der Waals surface area contributed by atoms with Gasteiger partial charge in [-0.15, -0.1) is 0 Å². The monoisotopic (exact) mass is 467 g/mol. The molecular formula is C25H33N5O4. The predicted octanol–water partition coefficient (Wildman–Crippen LogP) is 1.78. The van der Waals surface area contributed by atoms with E-state index in [1.165, 1.54) is 5.01 Å². The highest BCUT2D eigenvalue weighted by Gasteiger charge is 2.24. The fourth-order valence-corrected chi connectivity index (χ4v) is 3.49. The third-order valence-corrected chi connectivity index (χ3v) is 5.30. The van der Waals surface area contributed by atoms with Gasteiger partial charge in [0.2, 0.25) is 5.91 Å². The van der Waals surface area contributed by atoms with Crippen molar-refractivity contribution in [1.29, 1.82) is 0 Å². The number of aldehydes is 2. The number of amides is 1. The lowest BCUT2D eigenvalue weighted by atomic mass is 10.0. The van der Waals surface area contributed by atoms with E-state index in [1.807, 2.05) is 30.4 Å². The van der Waals surface area contributed by atoms with Gasteiger partial charge >= 0.3 is 0 Å². The molecule has 1 unspecified atom stereocenters. The predicted molar refractivity (Wildman–Crippen MR) is 131 cm³/mol. The lowest BCUT2D eigenvalue weighted by Crippen LogP contribution is -2.43. The molecule has 0 aromatic heterocycles. The molecule has 9 nitrogen and oxygen atoms in total. The second-order valence-corrected chi connectivity index (χ2v) is 7.79. The first kappa shape index (κ1) is 26.6. The zero-order chi connectivity index (χ0) is 24.9. The average molecular weight is 468 g/mol. The third kappa shape index (κ3) is 7.72. The fourth-order valence-electron chi connectivity index (χ4n) is 3.49. The van der Waals surface area contributed by atoms with Crippen molar-refractivity contribution in [2.24, 2.45) is 11.6 Å². The van der Waals surface area contributed by atoms with Crippen LogP contribution in [0.2, 0.25) is 0 Å². The molecule has 9 heteroatoms. The minimum Gasteiger partial charge on any atom is -0.487 e. The van der Waals surface area contributed by atoms with Crippen molar-refractivity contribution in [2.45, 2.75) is 31.8 Å². The lowest BCUT2D eigenvalue weighted by molar-refractivity contribution is -0.126. The van der Waals surface area contributed by atoms with Gasteiger partial charge in [0.05, 0.1) is 17.4 Å². The molecule has 1 aliphatic carbocycles. The number of carbonyl (C=O) groups is 3. The summed E-state index contributed by atoms with van der Waals surface area (Å²) in [6, 6.07) is 4.61. The maximum Gasteiger partial charge on any atom is 0.237 e. The summed E-state index contributed by atoms with van der Waals surface area (Å²) in [4.78, 5) is 36.7. The molecule has 0 saturated carbocycles. The van der Waals surface area contributed by atoms with Gasteiger partial charge in [0.25, 0.3) is 0 Å². The van der Waals surface area contributed by atoms with Gasteiger partial charge in [-0.05, 0) is 38.1 Å². The molecule has 0 fully saturated rings. The van der Waals surface area contributed by atoms with Crippen LogP contribution >= 0.6 is 0 Å². The molecule has 1 amide bonds. The molecule has 0 bridgehead atoms. The van der Waals surface area contributed by atoms with Gasteiger partial charge in [0.15, 0.2) is 6.29 Å². The maximum atomic E-state index is 12.3. The van der Waals surface area contributed by atoms with Crippen LogP contribution in [-0.2, 0) is 16.1 Å². The summed E-state index contributed by atoms with van der Waals surface area (Å²) in [5, 5.41) is 4.04. The van der Waals surface area contributed by atoms with Gasteiger partial charge in [-0.2, -0.15) is 0 Å². The molecule has 34 heavy (non-hydrogen) atoms. The van der Waals surface area contributed by atoms with Gasteiger partial charge < -0.3 is 20.6 Å². The van der Waals surface area contributed by atoms with E-state index in [4.69, 9.17) is 16.3 Å². The van der Waals surface area contributed by atoms with Crippen LogP contribution in [0.4, 0.5) is 0 Å². The minimum atomic E-state index is -0.534. The lowest BCUT2D eigenvalue weighted by Gasteiger charge is -2.27. The Balaban J connectivity index is 2.18. The second-order valence-electron chi connectivity index (χ2n) is 7.79. The van der Waals surface area contributed by atoms with Crippen LogP contribution in [0, 0.1) is 0 Å². The van der Waals surface area contributed by atoms with E-state index < -0.39 is 6.04 Å². The summed E-state index contributed by atoms with van der Waals surface area (Å²) >= 11 is 0. The summed E-state index contributed by atoms with van der Waals surface area (Å²) in [5.74, 6) is 6.36. The summed E-state index contributed by atoms with van der Waals surface area (Å²) < 4.78 is 5.93. The molecule has 1 atom stereocenters. The normalized spacial score (nSPS) is 14.2. The molecule has 182 valence electrons. The molecule has 5 N–H and O–H groups in total. The van der Waals surface area contributed by atoms with E-state index in [9.17, 15) is 14.4 Å². The molecule has 0 heterocycles. The van der Waals surface area contributed by atoms with Crippen LogP contribution < -0.4 is 21.6 Å². The number of nitrogens with two attached hydrogens (primary N) is 2. The number of nitrogens with one attached hydrogen (secondary N) is 1. The van der Waals surface area contributed by atoms with Crippen molar-refractivity contribution in [3.8, 4) is 5.75 Å². The summed E-state index contributed by atoms with van der Waals surface area (Å²) in [6.45, 7) is 0.307. The first-order valence-corrected chi connectivity index (χ1v) is 11.0. The van der Waals surface area contributed by atoms with Crippen molar-refractivity contribution in [2.75, 3.05) is 20.7 Å². The van der Waals surface area contributed by atoms with Gasteiger partial charge in [-0.25, -0.2) is 5.84 Å². The number of rotatable bonds is 13. The van der Waals surface area contributed by atoms with E-state index >= 15 is 0 Å². The highest BCUT2D eigenvalue weighted by molar-refractivity contribution is 5.82. The first-order chi connectivity index (χ1) is 16.4. The molecule has 1 aromatic rings. The van der Waals surface area contributed by atoms with Crippen LogP contribution in [0.3, 0.4) is 0 Å². The number of ether oxygens (including phenoxy) is 1. The second kappa shape index (κ2) is 13.8. The Morgan fingerprint density at radius 3 is 2.79 bits per heavy atom.